The molecule has 6 N–H and O–H groups in total. The Hall–Kier alpha value is 1.41. The van der Waals surface area contributed by atoms with Gasteiger partial charge < -0.3 is 16.4 Å². The van der Waals surface area contributed by atoms with Gasteiger partial charge in [-0.25, -0.2) is 0 Å². The van der Waals surface area contributed by atoms with E-state index in [1.165, 1.54) is 0 Å². The summed E-state index contributed by atoms with van der Waals surface area (Å²) >= 11 is 0. The minimum Gasteiger partial charge on any atom is -0.412 e. The monoisotopic (exact) mass is 224 g/mol. The molecule has 50 valence electrons. The first-order valence-electron chi connectivity index (χ1n) is 0. The normalized spacial score (nSPS) is 0. The largest absolute Gasteiger partial charge is 0.412 e. The molecule has 0 radical (unpaired) electrons. The van der Waals surface area contributed by atoms with Crippen LogP contribution in [-0.2, 0) is 50.6 Å². The summed E-state index contributed by atoms with van der Waals surface area (Å²) in [5, 5.41) is 0. The van der Waals surface area contributed by atoms with Crippen molar-refractivity contribution in [2.24, 2.45) is 0 Å². The van der Waals surface area contributed by atoms with Crippen LogP contribution in [0.15, 0.2) is 0 Å². The first kappa shape index (κ1) is 153. The van der Waals surface area contributed by atoms with Crippen LogP contribution in [0.3, 0.4) is 0 Å². The van der Waals surface area contributed by atoms with Crippen molar-refractivity contribution < 1.29 is 67.1 Å². The van der Waals surface area contributed by atoms with Gasteiger partial charge in [-0.1, -0.05) is 0 Å². The summed E-state index contributed by atoms with van der Waals surface area (Å²) in [4.78, 5) is 0. The maximum absolute atomic E-state index is 0. The molecule has 0 aliphatic rings. The standard InChI is InChI=1S/2Fe.Ni.3H2O/h;;;3*1H2. The minimum absolute atomic E-state index is 0. The van der Waals surface area contributed by atoms with Crippen molar-refractivity contribution in [2.45, 2.75) is 0 Å². The van der Waals surface area contributed by atoms with Crippen molar-refractivity contribution in [3.63, 3.8) is 0 Å². The van der Waals surface area contributed by atoms with E-state index in [2.05, 4.69) is 0 Å². The van der Waals surface area contributed by atoms with Crippen molar-refractivity contribution >= 4 is 0 Å². The first-order chi connectivity index (χ1) is 0. The fraction of sp³-hybridized carbons (Fsp3) is 0. The summed E-state index contributed by atoms with van der Waals surface area (Å²) in [5.74, 6) is 0. The van der Waals surface area contributed by atoms with Gasteiger partial charge in [0.25, 0.3) is 0 Å². The van der Waals surface area contributed by atoms with Gasteiger partial charge in [0.05, 0.1) is 0 Å². The van der Waals surface area contributed by atoms with E-state index >= 15 is 0 Å². The maximum Gasteiger partial charge on any atom is 0 e. The summed E-state index contributed by atoms with van der Waals surface area (Å²) < 4.78 is 0. The molecule has 0 amide bonds. The molecule has 0 aliphatic carbocycles. The van der Waals surface area contributed by atoms with Crippen LogP contribution in [0, 0.1) is 0 Å². The van der Waals surface area contributed by atoms with E-state index in [1.807, 2.05) is 0 Å². The SMILES string of the molecule is O.O.O.[Fe].[Fe].[Ni]. The summed E-state index contributed by atoms with van der Waals surface area (Å²) in [5.41, 5.74) is 0. The predicted molar refractivity (Wildman–Crippen MR) is 10.8 cm³/mol. The van der Waals surface area contributed by atoms with Crippen LogP contribution < -0.4 is 0 Å². The van der Waals surface area contributed by atoms with E-state index in [-0.39, 0.29) is 67.1 Å². The van der Waals surface area contributed by atoms with Gasteiger partial charge in [-0.05, 0) is 0 Å². The quantitative estimate of drug-likeness (QED) is 0.407. The van der Waals surface area contributed by atoms with Crippen molar-refractivity contribution in [3.05, 3.63) is 0 Å². The van der Waals surface area contributed by atoms with Gasteiger partial charge in [-0.2, -0.15) is 0 Å². The van der Waals surface area contributed by atoms with E-state index in [1.54, 1.807) is 0 Å². The molecule has 0 bridgehead atoms. The average molecular weight is 224 g/mol. The van der Waals surface area contributed by atoms with Crippen molar-refractivity contribution in [1.29, 1.82) is 0 Å². The Morgan fingerprint density at radius 3 is 0.500 bits per heavy atom. The van der Waals surface area contributed by atoms with E-state index in [0.717, 1.165) is 0 Å². The Labute approximate surface area is 67.0 Å². The molecule has 0 unspecified atom stereocenters. The summed E-state index contributed by atoms with van der Waals surface area (Å²) in [6.45, 7) is 0. The van der Waals surface area contributed by atoms with Gasteiger partial charge in [0.15, 0.2) is 0 Å². The Morgan fingerprint density at radius 1 is 0.500 bits per heavy atom. The van der Waals surface area contributed by atoms with Crippen LogP contribution in [0.4, 0.5) is 0 Å². The predicted octanol–water partition coefficient (Wildman–Crippen LogP) is -2.48. The molecule has 0 fully saturated rings. The molecule has 0 saturated heterocycles. The first-order valence-corrected chi connectivity index (χ1v) is 0. The Morgan fingerprint density at radius 2 is 0.500 bits per heavy atom. The number of hydrogen-bond donors (Lipinski definition) is 0. The number of hydrogen-bond acceptors (Lipinski definition) is 0. The molecule has 0 atom stereocenters. The van der Waals surface area contributed by atoms with Gasteiger partial charge in [0, 0.05) is 50.6 Å². The van der Waals surface area contributed by atoms with Crippen molar-refractivity contribution in [2.75, 3.05) is 0 Å². The second-order valence-corrected chi connectivity index (χ2v) is 0. The fourth-order valence-electron chi connectivity index (χ4n) is 0. The molecular weight excluding hydrogens is 218 g/mol. The summed E-state index contributed by atoms with van der Waals surface area (Å²) in [6.07, 6.45) is 0. The third-order valence-electron chi connectivity index (χ3n) is 0. The van der Waals surface area contributed by atoms with Crippen LogP contribution in [0.5, 0.6) is 0 Å². The van der Waals surface area contributed by atoms with Gasteiger partial charge in [-0.15, -0.1) is 0 Å². The smallest absolute Gasteiger partial charge is 0 e. The van der Waals surface area contributed by atoms with Crippen LogP contribution in [0.25, 0.3) is 0 Å². The molecule has 6 heavy (non-hydrogen) atoms. The molecule has 0 aromatic carbocycles. The van der Waals surface area contributed by atoms with E-state index in [0.29, 0.717) is 0 Å². The zero-order valence-corrected chi connectivity index (χ0v) is 5.72. The van der Waals surface area contributed by atoms with E-state index in [9.17, 15) is 0 Å². The topological polar surface area (TPSA) is 94.5 Å². The third kappa shape index (κ3) is 52.8. The van der Waals surface area contributed by atoms with E-state index < -0.39 is 0 Å². The molecular formula is H6Fe2NiO3. The van der Waals surface area contributed by atoms with Crippen LogP contribution in [0.2, 0.25) is 0 Å². The van der Waals surface area contributed by atoms with Crippen LogP contribution >= 0.6 is 0 Å². The summed E-state index contributed by atoms with van der Waals surface area (Å²) in [7, 11) is 0. The van der Waals surface area contributed by atoms with Gasteiger partial charge in [0.2, 0.25) is 0 Å². The Kier molecular flexibility index (Phi) is 2400. The number of rotatable bonds is 0. The zero-order chi connectivity index (χ0) is 0. The summed E-state index contributed by atoms with van der Waals surface area (Å²) in [6, 6.07) is 0. The van der Waals surface area contributed by atoms with Gasteiger partial charge in [0.1, 0.15) is 0 Å². The van der Waals surface area contributed by atoms with E-state index in [4.69, 9.17) is 0 Å². The third-order valence-corrected chi connectivity index (χ3v) is 0. The van der Waals surface area contributed by atoms with Crippen molar-refractivity contribution in [1.82, 2.24) is 0 Å². The second kappa shape index (κ2) is 94.2. The molecule has 0 aromatic heterocycles. The minimum atomic E-state index is 0. The molecule has 3 nitrogen and oxygen atoms in total. The molecule has 0 aromatic rings. The van der Waals surface area contributed by atoms with Crippen molar-refractivity contribution in [3.8, 4) is 0 Å². The van der Waals surface area contributed by atoms with Crippen LogP contribution in [0.1, 0.15) is 0 Å². The Bertz CT molecular complexity index is 8.75. The van der Waals surface area contributed by atoms with Gasteiger partial charge in [-0.3, -0.25) is 0 Å². The molecule has 6 heteroatoms. The molecule has 0 heterocycles. The maximum atomic E-state index is 0. The molecule has 0 saturated carbocycles. The Balaban J connectivity index is 0. The van der Waals surface area contributed by atoms with Gasteiger partial charge >= 0.3 is 0 Å². The zero-order valence-electron chi connectivity index (χ0n) is 2.52. The second-order valence-electron chi connectivity index (χ2n) is 0. The fourth-order valence-corrected chi connectivity index (χ4v) is 0. The average Bonchev–Trinajstić information content (AvgIpc) is 0. The van der Waals surface area contributed by atoms with Crippen LogP contribution in [-0.4, -0.2) is 16.4 Å². The molecule has 0 spiro atoms. The molecule has 0 aliphatic heterocycles. The molecule has 0 rings (SSSR count).